The highest BCUT2D eigenvalue weighted by Crippen LogP contribution is 2.29. The van der Waals surface area contributed by atoms with Gasteiger partial charge >= 0.3 is 5.97 Å². The lowest BCUT2D eigenvalue weighted by atomic mass is 9.93. The second-order valence-corrected chi connectivity index (χ2v) is 11.2. The molecule has 3 aromatic carbocycles. The molecule has 41 heavy (non-hydrogen) atoms. The van der Waals surface area contributed by atoms with Gasteiger partial charge in [0.25, 0.3) is 5.91 Å². The van der Waals surface area contributed by atoms with E-state index >= 15 is 0 Å². The number of aryl methyl sites for hydroxylation is 1. The number of nitrogens with zero attached hydrogens (tertiary/aromatic N) is 1. The zero-order chi connectivity index (χ0) is 29.8. The summed E-state index contributed by atoms with van der Waals surface area (Å²) in [4.78, 5) is 28.2. The minimum atomic E-state index is -0.735. The van der Waals surface area contributed by atoms with Crippen LogP contribution in [0.3, 0.4) is 0 Å². The molecule has 0 saturated carbocycles. The van der Waals surface area contributed by atoms with Gasteiger partial charge in [0, 0.05) is 24.7 Å². The van der Waals surface area contributed by atoms with Gasteiger partial charge < -0.3 is 10.1 Å². The van der Waals surface area contributed by atoms with Crippen LogP contribution in [-0.4, -0.2) is 55.0 Å². The molecule has 0 bridgehead atoms. The van der Waals surface area contributed by atoms with Crippen LogP contribution in [0.1, 0.15) is 53.2 Å². The molecule has 5 nitrogen and oxygen atoms in total. The topological polar surface area (TPSA) is 58.6 Å². The molecule has 0 aromatic heterocycles. The molecule has 3 rings (SSSR count). The molecule has 0 saturated heterocycles. The summed E-state index contributed by atoms with van der Waals surface area (Å²) in [5.74, 6) is -1.23. The average molecular weight is 583 g/mol. The van der Waals surface area contributed by atoms with Crippen molar-refractivity contribution >= 4 is 23.6 Å². The van der Waals surface area contributed by atoms with E-state index in [1.807, 2.05) is 55.6 Å². The van der Waals surface area contributed by atoms with Crippen LogP contribution in [0, 0.1) is 18.6 Å². The monoisotopic (exact) mass is 582 g/mol. The molecule has 8 heteroatoms. The number of halogens is 2. The fourth-order valence-corrected chi connectivity index (χ4v) is 5.27. The molecule has 1 N–H and O–H groups in total. The molecular weight excluding hydrogens is 542 g/mol. The predicted octanol–water partition coefficient (Wildman–Crippen LogP) is 6.81. The van der Waals surface area contributed by atoms with Crippen LogP contribution in [0.2, 0.25) is 0 Å². The summed E-state index contributed by atoms with van der Waals surface area (Å²) in [5.41, 5.74) is 4.88. The number of amides is 1. The van der Waals surface area contributed by atoms with Crippen LogP contribution in [0.4, 0.5) is 8.78 Å². The lowest BCUT2D eigenvalue weighted by molar-refractivity contribution is -0.142. The van der Waals surface area contributed by atoms with Crippen LogP contribution in [0.5, 0.6) is 0 Å². The number of hydrogen-bond acceptors (Lipinski definition) is 5. The van der Waals surface area contributed by atoms with Gasteiger partial charge in [0.2, 0.25) is 0 Å². The van der Waals surface area contributed by atoms with Crippen LogP contribution >= 0.6 is 11.8 Å². The molecule has 220 valence electrons. The summed E-state index contributed by atoms with van der Waals surface area (Å²) in [5, 5.41) is 2.89. The van der Waals surface area contributed by atoms with E-state index in [9.17, 15) is 18.4 Å². The number of nitrogens with one attached hydrogen (secondary N) is 1. The van der Waals surface area contributed by atoms with Gasteiger partial charge in [0.15, 0.2) is 0 Å². The van der Waals surface area contributed by atoms with Crippen molar-refractivity contribution in [3.63, 3.8) is 0 Å². The zero-order valence-electron chi connectivity index (χ0n) is 24.3. The van der Waals surface area contributed by atoms with Crippen LogP contribution in [-0.2, 0) is 22.5 Å². The highest BCUT2D eigenvalue weighted by atomic mass is 32.2. The zero-order valence-corrected chi connectivity index (χ0v) is 25.2. The molecule has 0 aliphatic carbocycles. The van der Waals surface area contributed by atoms with E-state index in [0.29, 0.717) is 42.8 Å². The Morgan fingerprint density at radius 2 is 1.71 bits per heavy atom. The van der Waals surface area contributed by atoms with E-state index in [0.717, 1.165) is 47.7 Å². The highest BCUT2D eigenvalue weighted by Gasteiger charge is 2.24. The van der Waals surface area contributed by atoms with Gasteiger partial charge in [-0.15, -0.1) is 0 Å². The van der Waals surface area contributed by atoms with E-state index in [1.54, 1.807) is 11.8 Å². The molecule has 0 heterocycles. The van der Waals surface area contributed by atoms with Gasteiger partial charge in [-0.05, 0) is 96.8 Å². The standard InChI is InChI=1S/C33H40F2N2O3S/c1-5-6-15-37(16-13-24-18-26(34)21-27(35)19-24)22-25-11-12-29(30(20-25)28-10-8-7-9-23(28)2)32(38)36-31(14-17-41-4)33(39)40-3/h7-12,18-21,31H,5-6,13-17,22H2,1-4H3,(H,36,38)/t31-/m0/s1. The molecule has 1 atom stereocenters. The lowest BCUT2D eigenvalue weighted by Crippen LogP contribution is -2.42. The molecule has 3 aromatic rings. The third kappa shape index (κ3) is 9.68. The number of carbonyl (C=O) groups is 2. The second kappa shape index (κ2) is 16.3. The Bertz CT molecular complexity index is 1300. The molecular formula is C33H40F2N2O3S. The largest absolute Gasteiger partial charge is 0.467 e. The second-order valence-electron chi connectivity index (χ2n) is 10.2. The smallest absolute Gasteiger partial charge is 0.328 e. The van der Waals surface area contributed by atoms with E-state index in [2.05, 4.69) is 17.1 Å². The van der Waals surface area contributed by atoms with Gasteiger partial charge in [-0.1, -0.05) is 43.7 Å². The van der Waals surface area contributed by atoms with Gasteiger partial charge in [0.05, 0.1) is 7.11 Å². The number of methoxy groups -OCH3 is 1. The molecule has 0 radical (unpaired) electrons. The highest BCUT2D eigenvalue weighted by molar-refractivity contribution is 7.98. The Balaban J connectivity index is 1.90. The summed E-state index contributed by atoms with van der Waals surface area (Å²) >= 11 is 1.60. The summed E-state index contributed by atoms with van der Waals surface area (Å²) < 4.78 is 32.4. The minimum absolute atomic E-state index is 0.331. The number of rotatable bonds is 15. The molecule has 0 spiro atoms. The van der Waals surface area contributed by atoms with Crippen molar-refractivity contribution in [3.8, 4) is 11.1 Å². The van der Waals surface area contributed by atoms with E-state index in [4.69, 9.17) is 4.74 Å². The average Bonchev–Trinajstić information content (AvgIpc) is 2.95. The maximum absolute atomic E-state index is 13.7. The van der Waals surface area contributed by atoms with E-state index in [1.165, 1.54) is 19.2 Å². The first-order chi connectivity index (χ1) is 19.7. The Hall–Kier alpha value is -3.23. The summed E-state index contributed by atoms with van der Waals surface area (Å²) in [6.45, 7) is 6.24. The summed E-state index contributed by atoms with van der Waals surface area (Å²) in [6.07, 6.45) is 4.96. The van der Waals surface area contributed by atoms with Crippen molar-refractivity contribution in [2.24, 2.45) is 0 Å². The van der Waals surface area contributed by atoms with Crippen molar-refractivity contribution in [2.45, 2.75) is 52.1 Å². The molecule has 0 unspecified atom stereocenters. The Morgan fingerprint density at radius 1 is 0.976 bits per heavy atom. The first-order valence-corrected chi connectivity index (χ1v) is 15.4. The first kappa shape index (κ1) is 32.3. The predicted molar refractivity (Wildman–Crippen MR) is 163 cm³/mol. The van der Waals surface area contributed by atoms with Gasteiger partial charge in [-0.25, -0.2) is 13.6 Å². The first-order valence-electron chi connectivity index (χ1n) is 14.0. The Kier molecular flexibility index (Phi) is 12.8. The normalized spacial score (nSPS) is 11.9. The van der Waals surface area contributed by atoms with Crippen molar-refractivity contribution in [1.82, 2.24) is 10.2 Å². The molecule has 0 aliphatic rings. The van der Waals surface area contributed by atoms with Crippen molar-refractivity contribution in [1.29, 1.82) is 0 Å². The molecule has 0 fully saturated rings. The fraction of sp³-hybridized carbons (Fsp3) is 0.394. The number of carbonyl (C=O) groups excluding carboxylic acids is 2. The quantitative estimate of drug-likeness (QED) is 0.200. The summed E-state index contributed by atoms with van der Waals surface area (Å²) in [6, 6.07) is 16.6. The van der Waals surface area contributed by atoms with E-state index in [-0.39, 0.29) is 5.91 Å². The number of thioether (sulfide) groups is 1. The lowest BCUT2D eigenvalue weighted by Gasteiger charge is -2.24. The number of benzene rings is 3. The third-order valence-electron chi connectivity index (χ3n) is 7.04. The van der Waals surface area contributed by atoms with Gasteiger partial charge in [0.1, 0.15) is 17.7 Å². The van der Waals surface area contributed by atoms with Crippen LogP contribution in [0.15, 0.2) is 60.7 Å². The van der Waals surface area contributed by atoms with Crippen LogP contribution < -0.4 is 5.32 Å². The SMILES string of the molecule is CCCCN(CCc1cc(F)cc(F)c1)Cc1ccc(C(=O)N[C@@H](CCSC)C(=O)OC)c(-c2ccccc2C)c1. The van der Waals surface area contributed by atoms with Crippen molar-refractivity contribution in [3.05, 3.63) is 94.6 Å². The number of unbranched alkanes of at least 4 members (excludes halogenated alkanes) is 1. The van der Waals surface area contributed by atoms with E-state index < -0.39 is 23.6 Å². The van der Waals surface area contributed by atoms with Crippen molar-refractivity contribution in [2.75, 3.05) is 32.2 Å². The summed E-state index contributed by atoms with van der Waals surface area (Å²) in [7, 11) is 1.32. The third-order valence-corrected chi connectivity index (χ3v) is 7.68. The number of esters is 1. The number of ether oxygens (including phenoxy) is 1. The maximum atomic E-state index is 13.7. The van der Waals surface area contributed by atoms with Crippen molar-refractivity contribution < 1.29 is 23.1 Å². The Labute approximate surface area is 246 Å². The van der Waals surface area contributed by atoms with Gasteiger partial charge in [-0.3, -0.25) is 9.69 Å². The van der Waals surface area contributed by atoms with Gasteiger partial charge in [-0.2, -0.15) is 11.8 Å². The Morgan fingerprint density at radius 3 is 2.37 bits per heavy atom. The maximum Gasteiger partial charge on any atom is 0.328 e. The number of hydrogen-bond donors (Lipinski definition) is 1. The molecule has 0 aliphatic heterocycles. The molecule has 1 amide bonds. The minimum Gasteiger partial charge on any atom is -0.467 e. The fourth-order valence-electron chi connectivity index (χ4n) is 4.80. The van der Waals surface area contributed by atoms with Crippen LogP contribution in [0.25, 0.3) is 11.1 Å².